The maximum atomic E-state index is 14.9. The van der Waals surface area contributed by atoms with Gasteiger partial charge >= 0.3 is 6.03 Å². The molecule has 1 N–H and O–H groups in total. The second-order valence-corrected chi connectivity index (χ2v) is 11.6. The van der Waals surface area contributed by atoms with Crippen molar-refractivity contribution in [2.75, 3.05) is 16.3 Å². The van der Waals surface area contributed by atoms with E-state index < -0.39 is 26.3 Å². The smallest absolute Gasteiger partial charge is 0.294 e. The number of aromatic nitrogens is 1. The van der Waals surface area contributed by atoms with Gasteiger partial charge in [0.25, 0.3) is 0 Å². The summed E-state index contributed by atoms with van der Waals surface area (Å²) >= 11 is 0. The van der Waals surface area contributed by atoms with E-state index >= 15 is 0 Å². The molecule has 0 radical (unpaired) electrons. The molecule has 182 valence electrons. The van der Waals surface area contributed by atoms with Crippen LogP contribution in [0.2, 0.25) is 0 Å². The molecule has 9 heteroatoms. The lowest BCUT2D eigenvalue weighted by Gasteiger charge is -2.38. The molecule has 1 fully saturated rings. The molecule has 1 unspecified atom stereocenters. The number of carbonyl (C=O) groups excluding carboxylic acids is 1. The summed E-state index contributed by atoms with van der Waals surface area (Å²) in [7, 11) is -4.10. The van der Waals surface area contributed by atoms with Gasteiger partial charge in [0.2, 0.25) is 10.0 Å². The lowest BCUT2D eigenvalue weighted by atomic mass is 10.1. The fraction of sp³-hybridized carbons (Fsp3) is 0.308. The van der Waals surface area contributed by atoms with E-state index in [0.29, 0.717) is 30.6 Å². The van der Waals surface area contributed by atoms with Crippen molar-refractivity contribution < 1.29 is 17.6 Å². The number of nitrogens with one attached hydrogen (secondary N) is 1. The number of sulfonamides is 1. The molecule has 2 aromatic carbocycles. The van der Waals surface area contributed by atoms with Crippen molar-refractivity contribution in [3.63, 3.8) is 0 Å². The Hall–Kier alpha value is -3.30. The van der Waals surface area contributed by atoms with Crippen LogP contribution in [0.4, 0.5) is 20.6 Å². The number of amides is 2. The topological polar surface area (TPSA) is 82.6 Å². The summed E-state index contributed by atoms with van der Waals surface area (Å²) in [6, 6.07) is 15.5. The molecule has 0 spiro atoms. The van der Waals surface area contributed by atoms with Crippen LogP contribution in [-0.2, 0) is 16.4 Å². The molecular weight excluding hydrogens is 467 g/mol. The number of halogens is 1. The highest BCUT2D eigenvalue weighted by Gasteiger charge is 2.42. The standard InChI is InChI=1S/C26H27FN4O3S/c1-26(2,3)29-35(33,34)24-16-23-18(15-21(24)27)14-20-11-13-30(25(32)31(20)23)19-9-7-17(8-10-19)22-6-4-5-12-28-22/h4-10,12,15-16,20,29H,11,13-14H2,1-3H3. The SMILES string of the molecule is CC(C)(C)NS(=O)(=O)c1cc2c(cc1F)CC1CCN(c3ccc(-c4ccccn4)cc3)C(=O)N21. The third kappa shape index (κ3) is 4.41. The number of hydrogen-bond acceptors (Lipinski definition) is 4. The van der Waals surface area contributed by atoms with Gasteiger partial charge in [0.1, 0.15) is 10.7 Å². The van der Waals surface area contributed by atoms with Crippen LogP contribution >= 0.6 is 0 Å². The zero-order valence-electron chi connectivity index (χ0n) is 19.8. The van der Waals surface area contributed by atoms with Gasteiger partial charge in [-0.05, 0) is 75.6 Å². The van der Waals surface area contributed by atoms with Crippen LogP contribution in [0.15, 0.2) is 65.7 Å². The highest BCUT2D eigenvalue weighted by Crippen LogP contribution is 2.40. The molecule has 0 bridgehead atoms. The number of fused-ring (bicyclic) bond motifs is 3. The van der Waals surface area contributed by atoms with Crippen LogP contribution in [0, 0.1) is 5.82 Å². The third-order valence-electron chi connectivity index (χ3n) is 6.21. The lowest BCUT2D eigenvalue weighted by molar-refractivity contribution is 0.245. The van der Waals surface area contributed by atoms with Crippen LogP contribution in [0.1, 0.15) is 32.8 Å². The first-order chi connectivity index (χ1) is 16.5. The largest absolute Gasteiger partial charge is 0.329 e. The Morgan fingerprint density at radius 2 is 1.83 bits per heavy atom. The summed E-state index contributed by atoms with van der Waals surface area (Å²) < 4.78 is 43.1. The Kier molecular flexibility index (Phi) is 5.64. The summed E-state index contributed by atoms with van der Waals surface area (Å²) in [4.78, 5) is 20.8. The number of pyridine rings is 1. The van der Waals surface area contributed by atoms with Crippen molar-refractivity contribution in [3.05, 3.63) is 72.2 Å². The molecule has 2 amide bonds. The zero-order chi connectivity index (χ0) is 25.0. The minimum absolute atomic E-state index is 0.130. The Labute approximate surface area is 204 Å². The Bertz CT molecular complexity index is 1390. The first-order valence-corrected chi connectivity index (χ1v) is 13.0. The number of benzene rings is 2. The van der Waals surface area contributed by atoms with E-state index in [1.54, 1.807) is 36.8 Å². The van der Waals surface area contributed by atoms with E-state index in [-0.39, 0.29) is 12.1 Å². The predicted molar refractivity (Wildman–Crippen MR) is 133 cm³/mol. The van der Waals surface area contributed by atoms with Gasteiger partial charge in [-0.2, -0.15) is 0 Å². The number of carbonyl (C=O) groups is 1. The van der Waals surface area contributed by atoms with Crippen LogP contribution in [-0.4, -0.2) is 37.6 Å². The molecule has 7 nitrogen and oxygen atoms in total. The highest BCUT2D eigenvalue weighted by atomic mass is 32.2. The first-order valence-electron chi connectivity index (χ1n) is 11.5. The lowest BCUT2D eigenvalue weighted by Crippen LogP contribution is -2.53. The van der Waals surface area contributed by atoms with Gasteiger partial charge in [0.05, 0.1) is 11.4 Å². The minimum Gasteiger partial charge on any atom is -0.294 e. The van der Waals surface area contributed by atoms with Crippen molar-refractivity contribution in [1.29, 1.82) is 0 Å². The van der Waals surface area contributed by atoms with Gasteiger partial charge < -0.3 is 0 Å². The van der Waals surface area contributed by atoms with Crippen LogP contribution in [0.5, 0.6) is 0 Å². The number of hydrogen-bond donors (Lipinski definition) is 1. The predicted octanol–water partition coefficient (Wildman–Crippen LogP) is 4.73. The second kappa shape index (κ2) is 8.42. The van der Waals surface area contributed by atoms with Crippen molar-refractivity contribution in [2.45, 2.75) is 50.1 Å². The van der Waals surface area contributed by atoms with E-state index in [2.05, 4.69) is 9.71 Å². The molecular formula is C26H27FN4O3S. The number of rotatable bonds is 4. The Balaban J connectivity index is 1.46. The summed E-state index contributed by atoms with van der Waals surface area (Å²) in [5, 5.41) is 0. The van der Waals surface area contributed by atoms with Gasteiger partial charge in [-0.15, -0.1) is 0 Å². The first kappa shape index (κ1) is 23.4. The number of urea groups is 1. The van der Waals surface area contributed by atoms with E-state index in [9.17, 15) is 17.6 Å². The van der Waals surface area contributed by atoms with E-state index in [1.807, 2.05) is 42.5 Å². The molecule has 35 heavy (non-hydrogen) atoms. The highest BCUT2D eigenvalue weighted by molar-refractivity contribution is 7.89. The molecule has 3 aromatic rings. The third-order valence-corrected chi connectivity index (χ3v) is 7.98. The van der Waals surface area contributed by atoms with Gasteiger partial charge in [-0.3, -0.25) is 14.8 Å². The average molecular weight is 495 g/mol. The van der Waals surface area contributed by atoms with Crippen LogP contribution in [0.3, 0.4) is 0 Å². The average Bonchev–Trinajstić information content (AvgIpc) is 3.16. The zero-order valence-corrected chi connectivity index (χ0v) is 20.6. The van der Waals surface area contributed by atoms with Crippen molar-refractivity contribution in [3.8, 4) is 11.3 Å². The van der Waals surface area contributed by atoms with E-state index in [4.69, 9.17) is 0 Å². The van der Waals surface area contributed by atoms with E-state index in [0.717, 1.165) is 16.9 Å². The van der Waals surface area contributed by atoms with Crippen molar-refractivity contribution in [2.24, 2.45) is 0 Å². The molecule has 0 aliphatic carbocycles. The fourth-order valence-electron chi connectivity index (χ4n) is 4.76. The van der Waals surface area contributed by atoms with Gasteiger partial charge in [0, 0.05) is 35.6 Å². The van der Waals surface area contributed by atoms with Gasteiger partial charge in [-0.1, -0.05) is 18.2 Å². The van der Waals surface area contributed by atoms with Crippen molar-refractivity contribution >= 4 is 27.4 Å². The Morgan fingerprint density at radius 1 is 1.09 bits per heavy atom. The monoisotopic (exact) mass is 494 g/mol. The molecule has 5 rings (SSSR count). The maximum absolute atomic E-state index is 14.9. The molecule has 2 aliphatic heterocycles. The molecule has 1 aromatic heterocycles. The summed E-state index contributed by atoms with van der Waals surface area (Å²) in [6.07, 6.45) is 2.92. The Morgan fingerprint density at radius 3 is 2.49 bits per heavy atom. The molecule has 1 saturated heterocycles. The van der Waals surface area contributed by atoms with Crippen molar-refractivity contribution in [1.82, 2.24) is 9.71 Å². The molecule has 1 atom stereocenters. The quantitative estimate of drug-likeness (QED) is 0.569. The molecule has 2 aliphatic rings. The summed E-state index contributed by atoms with van der Waals surface area (Å²) in [5.74, 6) is -0.810. The van der Waals surface area contributed by atoms with Crippen LogP contribution in [0.25, 0.3) is 11.3 Å². The van der Waals surface area contributed by atoms with Gasteiger partial charge in [0.15, 0.2) is 0 Å². The maximum Gasteiger partial charge on any atom is 0.329 e. The number of nitrogens with zero attached hydrogens (tertiary/aromatic N) is 3. The summed E-state index contributed by atoms with van der Waals surface area (Å²) in [5.41, 5.74) is 2.85. The summed E-state index contributed by atoms with van der Waals surface area (Å²) in [6.45, 7) is 5.60. The normalized spacial score (nSPS) is 17.9. The minimum atomic E-state index is -4.10. The number of anilines is 2. The molecule has 0 saturated carbocycles. The van der Waals surface area contributed by atoms with Crippen LogP contribution < -0.4 is 14.5 Å². The fourth-order valence-corrected chi connectivity index (χ4v) is 6.26. The molecule has 3 heterocycles. The second-order valence-electron chi connectivity index (χ2n) is 9.98. The van der Waals surface area contributed by atoms with Gasteiger partial charge in [-0.25, -0.2) is 22.3 Å². The van der Waals surface area contributed by atoms with E-state index in [1.165, 1.54) is 12.1 Å².